The van der Waals surface area contributed by atoms with E-state index in [4.69, 9.17) is 29.3 Å². The zero-order chi connectivity index (χ0) is 41.5. The number of nitrogens with two attached hydrogens (primary N) is 1. The van der Waals surface area contributed by atoms with Crippen LogP contribution in [0.1, 0.15) is 136 Å². The normalized spacial score (nSPS) is 13.6. The number of hydrogen-bond donors (Lipinski definition) is 3. The number of aryl methyl sites for hydroxylation is 1. The average Bonchev–Trinajstić information content (AvgIpc) is 3.08. The van der Waals surface area contributed by atoms with Crippen LogP contribution in [-0.2, 0) is 32.9 Å². The summed E-state index contributed by atoms with van der Waals surface area (Å²) in [5.41, 5.74) is 9.87. The van der Waals surface area contributed by atoms with Crippen molar-refractivity contribution >= 4 is 34.3 Å². The molecule has 10 nitrogen and oxygen atoms in total. The molecule has 0 aliphatic heterocycles. The number of nitriles is 1. The highest BCUT2D eigenvalue weighted by molar-refractivity contribution is 6.74. The number of carbonyl (C=O) groups is 1. The molecule has 12 heteroatoms. The number of nitrogens with one attached hydrogen (secondary N) is 2. The van der Waals surface area contributed by atoms with Gasteiger partial charge in [-0.2, -0.15) is 10.2 Å². The third kappa shape index (κ3) is 15.8. The summed E-state index contributed by atoms with van der Waals surface area (Å²) >= 11 is 0. The van der Waals surface area contributed by atoms with E-state index in [1.54, 1.807) is 7.11 Å². The van der Waals surface area contributed by atoms with Crippen LogP contribution >= 0.6 is 0 Å². The Morgan fingerprint density at radius 1 is 0.891 bits per heavy atom. The van der Waals surface area contributed by atoms with Gasteiger partial charge in [-0.3, -0.25) is 4.79 Å². The summed E-state index contributed by atoms with van der Waals surface area (Å²) in [4.78, 5) is 23.2. The molecule has 2 atom stereocenters. The number of rotatable bonds is 24. The summed E-state index contributed by atoms with van der Waals surface area (Å²) in [5.74, 6) is 1.55. The van der Waals surface area contributed by atoms with Crippen molar-refractivity contribution in [1.29, 1.82) is 5.26 Å². The molecule has 0 bridgehead atoms. The number of ether oxygens (including phenoxy) is 1. The second-order valence-electron chi connectivity index (χ2n) is 18.2. The third-order valence-electron chi connectivity index (χ3n) is 11.7. The van der Waals surface area contributed by atoms with Crippen LogP contribution in [0.25, 0.3) is 0 Å². The minimum atomic E-state index is -1.92. The minimum absolute atomic E-state index is 0.0109. The molecule has 0 saturated heterocycles. The smallest absolute Gasteiger partial charge is 0.222 e. The molecule has 2 aromatic rings. The Morgan fingerprint density at radius 3 is 1.98 bits per heavy atom. The summed E-state index contributed by atoms with van der Waals surface area (Å²) in [6, 6.07) is 8.26. The highest BCUT2D eigenvalue weighted by atomic mass is 28.4. The number of anilines is 2. The number of unbranched alkanes of at least 4 members (excludes halogenated alkanes) is 2. The monoisotopic (exact) mass is 797 g/mol. The first-order valence-corrected chi connectivity index (χ1v) is 26.5. The van der Waals surface area contributed by atoms with Gasteiger partial charge in [0.05, 0.1) is 25.3 Å². The van der Waals surface area contributed by atoms with Crippen molar-refractivity contribution in [2.75, 3.05) is 31.4 Å². The van der Waals surface area contributed by atoms with Crippen LogP contribution in [0.5, 0.6) is 5.75 Å². The molecule has 0 fully saturated rings. The second kappa shape index (κ2) is 22.1. The highest BCUT2D eigenvalue weighted by Gasteiger charge is 2.38. The first kappa shape index (κ1) is 48.2. The lowest BCUT2D eigenvalue weighted by Crippen LogP contribution is -2.42. The molecule has 1 amide bonds. The predicted molar refractivity (Wildman–Crippen MR) is 234 cm³/mol. The Bertz CT molecular complexity index is 1530. The van der Waals surface area contributed by atoms with Crippen LogP contribution in [0.3, 0.4) is 0 Å². The van der Waals surface area contributed by atoms with E-state index in [1.165, 1.54) is 0 Å². The van der Waals surface area contributed by atoms with Crippen LogP contribution in [0.15, 0.2) is 18.2 Å². The summed E-state index contributed by atoms with van der Waals surface area (Å²) in [7, 11) is -2.15. The maximum atomic E-state index is 13.6. The topological polar surface area (TPSA) is 144 Å². The first-order chi connectivity index (χ1) is 25.7. The molecule has 1 aromatic carbocycles. The molecule has 1 heterocycles. The second-order valence-corrected chi connectivity index (χ2v) is 27.8. The molecule has 310 valence electrons. The van der Waals surface area contributed by atoms with Crippen molar-refractivity contribution in [3.05, 3.63) is 40.6 Å². The quantitative estimate of drug-likeness (QED) is 0.0884. The fraction of sp³-hybridized carbons (Fsp3) is 0.721. The zero-order valence-corrected chi connectivity index (χ0v) is 38.8. The maximum Gasteiger partial charge on any atom is 0.222 e. The molecule has 2 unspecified atom stereocenters. The Balaban J connectivity index is 2.45. The summed E-state index contributed by atoms with van der Waals surface area (Å²) < 4.78 is 18.9. The first-order valence-electron chi connectivity index (χ1n) is 20.7. The Morgan fingerprint density at radius 2 is 1.45 bits per heavy atom. The van der Waals surface area contributed by atoms with Crippen molar-refractivity contribution in [2.24, 2.45) is 0 Å². The average molecular weight is 797 g/mol. The van der Waals surface area contributed by atoms with E-state index in [9.17, 15) is 10.1 Å². The molecular formula is C43H76N6O4Si2. The van der Waals surface area contributed by atoms with Crippen LogP contribution < -0.4 is 21.1 Å². The number of nitrogens with zero attached hydrogens (tertiary/aromatic N) is 3. The van der Waals surface area contributed by atoms with Gasteiger partial charge in [0.2, 0.25) is 11.9 Å². The molecule has 55 heavy (non-hydrogen) atoms. The summed E-state index contributed by atoms with van der Waals surface area (Å²) in [6.07, 6.45) is 9.13. The molecule has 4 N–H and O–H groups in total. The van der Waals surface area contributed by atoms with Gasteiger partial charge < -0.3 is 30.0 Å². The van der Waals surface area contributed by atoms with Crippen molar-refractivity contribution in [1.82, 2.24) is 15.3 Å². The molecule has 2 rings (SSSR count). The highest BCUT2D eigenvalue weighted by Crippen LogP contribution is 2.38. The van der Waals surface area contributed by atoms with Crippen molar-refractivity contribution in [3.63, 3.8) is 0 Å². The molecule has 0 aliphatic carbocycles. The fourth-order valence-electron chi connectivity index (χ4n) is 5.97. The maximum absolute atomic E-state index is 13.6. The SMILES string of the molecule is CCCCC(CCO[Si](C)(C)C(C)(C)C)NC(=O)CCc1nc(N)nc(NC(CCCC)CCO[Si](C)(C)C(C)(C)C)c1Cc1cc(CC#N)ccc1OC. The van der Waals surface area contributed by atoms with E-state index in [-0.39, 0.29) is 40.4 Å². The number of methoxy groups -OCH3 is 1. The van der Waals surface area contributed by atoms with Gasteiger partial charge in [-0.15, -0.1) is 0 Å². The number of benzene rings is 1. The van der Waals surface area contributed by atoms with Crippen molar-refractivity contribution in [3.8, 4) is 11.8 Å². The van der Waals surface area contributed by atoms with E-state index in [0.717, 1.165) is 79.5 Å². The predicted octanol–water partition coefficient (Wildman–Crippen LogP) is 10.1. The van der Waals surface area contributed by atoms with Crippen molar-refractivity contribution in [2.45, 2.75) is 181 Å². The zero-order valence-electron chi connectivity index (χ0n) is 36.8. The van der Waals surface area contributed by atoms with Gasteiger partial charge in [0.25, 0.3) is 0 Å². The summed E-state index contributed by atoms with van der Waals surface area (Å²) in [6.45, 7) is 28.3. The number of aromatic nitrogens is 2. The fourth-order valence-corrected chi connectivity index (χ4v) is 8.09. The van der Waals surface area contributed by atoms with Gasteiger partial charge in [0.1, 0.15) is 11.6 Å². The standard InChI is InChI=1S/C43H76N6O4Si2/c1-14-16-18-34(25-28-52-54(10,11)42(3,4)5)46-39(50)23-21-37-36(31-33-30-32(24-27-44)20-22-38(33)51-9)40(49-41(45)48-37)47-35(19-17-15-2)26-29-53-55(12,13)43(6,7)8/h20,22,30,34-35H,14-19,21,23-26,28-29,31H2,1-13H3,(H,46,50)(H3,45,47,48,49). The van der Waals surface area contributed by atoms with Crippen LogP contribution in [0, 0.1) is 11.3 Å². The molecule has 0 spiro atoms. The largest absolute Gasteiger partial charge is 0.496 e. The number of hydrogen-bond acceptors (Lipinski definition) is 9. The number of amides is 1. The van der Waals surface area contributed by atoms with E-state index in [2.05, 4.69) is 98.3 Å². The lowest BCUT2D eigenvalue weighted by Gasteiger charge is -2.36. The molecule has 0 aliphatic rings. The third-order valence-corrected chi connectivity index (χ3v) is 20.8. The lowest BCUT2D eigenvalue weighted by molar-refractivity contribution is -0.121. The Labute approximate surface area is 336 Å². The van der Waals surface area contributed by atoms with Gasteiger partial charge in [-0.05, 0) is 85.6 Å². The Kier molecular flexibility index (Phi) is 19.3. The number of carbonyl (C=O) groups excluding carboxylic acids is 1. The lowest BCUT2D eigenvalue weighted by atomic mass is 9.97. The van der Waals surface area contributed by atoms with E-state index >= 15 is 0 Å². The summed E-state index contributed by atoms with van der Waals surface area (Å²) in [5, 5.41) is 16.8. The van der Waals surface area contributed by atoms with Gasteiger partial charge in [-0.25, -0.2) is 4.98 Å². The minimum Gasteiger partial charge on any atom is -0.496 e. The van der Waals surface area contributed by atoms with Crippen molar-refractivity contribution < 1.29 is 18.4 Å². The van der Waals surface area contributed by atoms with Crippen LogP contribution in [-0.4, -0.2) is 64.9 Å². The van der Waals surface area contributed by atoms with Crippen LogP contribution in [0.2, 0.25) is 36.3 Å². The molecule has 0 saturated carbocycles. The van der Waals surface area contributed by atoms with E-state index in [0.29, 0.717) is 38.3 Å². The van der Waals surface area contributed by atoms with Crippen LogP contribution in [0.4, 0.5) is 11.8 Å². The van der Waals surface area contributed by atoms with Gasteiger partial charge in [0.15, 0.2) is 16.6 Å². The van der Waals surface area contributed by atoms with Gasteiger partial charge in [-0.1, -0.05) is 93.2 Å². The van der Waals surface area contributed by atoms with E-state index in [1.807, 2.05) is 18.2 Å². The van der Waals surface area contributed by atoms with Gasteiger partial charge in [0, 0.05) is 43.7 Å². The molecular weight excluding hydrogens is 721 g/mol. The molecule has 1 aromatic heterocycles. The Hall–Kier alpha value is -2.99. The van der Waals surface area contributed by atoms with Gasteiger partial charge >= 0.3 is 0 Å². The number of nitrogen functional groups attached to an aromatic ring is 1. The van der Waals surface area contributed by atoms with E-state index < -0.39 is 16.6 Å². The molecule has 0 radical (unpaired) electrons.